The van der Waals surface area contributed by atoms with Gasteiger partial charge in [-0.25, -0.2) is 0 Å². The summed E-state index contributed by atoms with van der Waals surface area (Å²) in [5.41, 5.74) is 4.32. The Morgan fingerprint density at radius 2 is 1.28 bits per heavy atom. The van der Waals surface area contributed by atoms with Gasteiger partial charge in [-0.3, -0.25) is 4.99 Å². The van der Waals surface area contributed by atoms with Crippen LogP contribution in [-0.4, -0.2) is 12.9 Å². The van der Waals surface area contributed by atoms with Gasteiger partial charge in [0.05, 0.1) is 0 Å². The molecule has 0 aliphatic carbocycles. The second kappa shape index (κ2) is 9.38. The summed E-state index contributed by atoms with van der Waals surface area (Å²) in [6.45, 7) is 6.46. The number of allylic oxidation sites excluding steroid dienone is 1. The molecule has 0 unspecified atom stereocenters. The molecule has 3 aromatic carbocycles. The maximum absolute atomic E-state index is 4.50. The number of amidine groups is 1. The van der Waals surface area contributed by atoms with E-state index in [-0.39, 0.29) is 0 Å². The van der Waals surface area contributed by atoms with E-state index in [4.69, 9.17) is 0 Å². The zero-order valence-corrected chi connectivity index (χ0v) is 17.8. The van der Waals surface area contributed by atoms with Crippen LogP contribution >= 0.6 is 0 Å². The zero-order chi connectivity index (χ0) is 20.7. The average Bonchev–Trinajstić information content (AvgIpc) is 2.78. The van der Waals surface area contributed by atoms with Gasteiger partial charge in [-0.2, -0.15) is 0 Å². The van der Waals surface area contributed by atoms with Gasteiger partial charge in [-0.05, 0) is 41.2 Å². The second-order valence-electron chi connectivity index (χ2n) is 7.49. The van der Waals surface area contributed by atoms with E-state index in [2.05, 4.69) is 109 Å². The van der Waals surface area contributed by atoms with E-state index < -0.39 is 5.54 Å². The summed E-state index contributed by atoms with van der Waals surface area (Å²) in [5.74, 6) is 1.34. The topological polar surface area (TPSA) is 24.4 Å². The molecule has 0 saturated heterocycles. The third-order valence-corrected chi connectivity index (χ3v) is 5.30. The summed E-state index contributed by atoms with van der Waals surface area (Å²) in [7, 11) is 1.82. The van der Waals surface area contributed by atoms with Gasteiger partial charge >= 0.3 is 0 Å². The second-order valence-corrected chi connectivity index (χ2v) is 7.49. The number of hydrogen-bond donors (Lipinski definition) is 1. The molecule has 148 valence electrons. The van der Waals surface area contributed by atoms with E-state index in [0.29, 0.717) is 5.92 Å². The molecule has 29 heavy (non-hydrogen) atoms. The van der Waals surface area contributed by atoms with Gasteiger partial charge in [-0.1, -0.05) is 105 Å². The van der Waals surface area contributed by atoms with Gasteiger partial charge in [-0.15, -0.1) is 0 Å². The molecule has 0 amide bonds. The first-order valence-corrected chi connectivity index (χ1v) is 10.2. The third kappa shape index (κ3) is 4.32. The molecule has 2 nitrogen and oxygen atoms in total. The van der Waals surface area contributed by atoms with Crippen molar-refractivity contribution in [2.45, 2.75) is 32.2 Å². The Balaban J connectivity index is 2.30. The SMILES string of the molecule is C/C=C\C(=NC)NC(c1ccccc1)(c1ccccc1)c1ccc(C(C)C)cc1. The molecular weight excluding hydrogens is 352 g/mol. The summed E-state index contributed by atoms with van der Waals surface area (Å²) in [6.07, 6.45) is 4.03. The standard InChI is InChI=1S/C27H30N2/c1-5-12-26(28-4)29-27(23-13-8-6-9-14-23,24-15-10-7-11-16-24)25-19-17-22(18-20-25)21(2)3/h5-21H,1-4H3,(H,28,29)/b12-5-. The maximum atomic E-state index is 4.50. The molecular formula is C27H30N2. The minimum atomic E-state index is -0.549. The van der Waals surface area contributed by atoms with E-state index in [1.165, 1.54) is 22.3 Å². The fourth-order valence-corrected chi connectivity index (χ4v) is 3.73. The summed E-state index contributed by atoms with van der Waals surface area (Å²) < 4.78 is 0. The number of benzene rings is 3. The lowest BCUT2D eigenvalue weighted by molar-refractivity contribution is 0.574. The predicted octanol–water partition coefficient (Wildman–Crippen LogP) is 6.30. The molecule has 0 saturated carbocycles. The Morgan fingerprint density at radius 1 is 0.793 bits per heavy atom. The number of hydrogen-bond acceptors (Lipinski definition) is 1. The molecule has 0 bridgehead atoms. The summed E-state index contributed by atoms with van der Waals surface area (Å²) in [4.78, 5) is 4.50. The molecule has 0 radical (unpaired) electrons. The highest BCUT2D eigenvalue weighted by Crippen LogP contribution is 2.37. The lowest BCUT2D eigenvalue weighted by Gasteiger charge is -2.38. The summed E-state index contributed by atoms with van der Waals surface area (Å²) >= 11 is 0. The lowest BCUT2D eigenvalue weighted by atomic mass is 9.76. The largest absolute Gasteiger partial charge is 0.353 e. The van der Waals surface area contributed by atoms with Crippen LogP contribution in [0.2, 0.25) is 0 Å². The van der Waals surface area contributed by atoms with Crippen LogP contribution in [0.1, 0.15) is 48.9 Å². The molecule has 0 heterocycles. The minimum Gasteiger partial charge on any atom is -0.353 e. The lowest BCUT2D eigenvalue weighted by Crippen LogP contribution is -2.47. The monoisotopic (exact) mass is 382 g/mol. The summed E-state index contributed by atoms with van der Waals surface area (Å²) in [6, 6.07) is 30.2. The zero-order valence-electron chi connectivity index (χ0n) is 17.8. The molecule has 0 aliphatic heterocycles. The highest BCUT2D eigenvalue weighted by molar-refractivity contribution is 5.94. The van der Waals surface area contributed by atoms with Crippen molar-refractivity contribution in [2.75, 3.05) is 7.05 Å². The molecule has 0 spiro atoms. The summed E-state index contributed by atoms with van der Waals surface area (Å²) in [5, 5.41) is 3.78. The first-order chi connectivity index (χ1) is 14.1. The molecule has 2 heteroatoms. The molecule has 1 N–H and O–H groups in total. The Labute approximate surface area is 175 Å². The number of rotatable bonds is 6. The van der Waals surface area contributed by atoms with Crippen LogP contribution in [0.15, 0.2) is 102 Å². The van der Waals surface area contributed by atoms with Crippen LogP contribution in [-0.2, 0) is 5.54 Å². The average molecular weight is 383 g/mol. The van der Waals surface area contributed by atoms with Crippen molar-refractivity contribution in [3.05, 3.63) is 119 Å². The Morgan fingerprint density at radius 3 is 1.69 bits per heavy atom. The first kappa shape index (κ1) is 20.6. The quantitative estimate of drug-likeness (QED) is 0.302. The fourth-order valence-electron chi connectivity index (χ4n) is 3.73. The number of nitrogens with zero attached hydrogens (tertiary/aromatic N) is 1. The van der Waals surface area contributed by atoms with Crippen LogP contribution in [0.5, 0.6) is 0 Å². The molecule has 0 aliphatic rings. The van der Waals surface area contributed by atoms with Crippen molar-refractivity contribution in [1.29, 1.82) is 0 Å². The van der Waals surface area contributed by atoms with E-state index in [0.717, 1.165) is 5.84 Å². The van der Waals surface area contributed by atoms with Crippen LogP contribution in [0, 0.1) is 0 Å². The Kier molecular flexibility index (Phi) is 6.66. The highest BCUT2D eigenvalue weighted by Gasteiger charge is 2.36. The number of aliphatic imine (C=N–C) groups is 1. The van der Waals surface area contributed by atoms with Crippen molar-refractivity contribution in [2.24, 2.45) is 4.99 Å². The van der Waals surface area contributed by atoms with Crippen LogP contribution in [0.4, 0.5) is 0 Å². The Hall–Kier alpha value is -3.13. The van der Waals surface area contributed by atoms with E-state index in [9.17, 15) is 0 Å². The number of nitrogens with one attached hydrogen (secondary N) is 1. The van der Waals surface area contributed by atoms with Gasteiger partial charge in [0.25, 0.3) is 0 Å². The van der Waals surface area contributed by atoms with Gasteiger partial charge < -0.3 is 5.32 Å². The normalized spacial score (nSPS) is 12.5. The van der Waals surface area contributed by atoms with Crippen molar-refractivity contribution in [3.8, 4) is 0 Å². The van der Waals surface area contributed by atoms with E-state index in [1.54, 1.807) is 0 Å². The van der Waals surface area contributed by atoms with Gasteiger partial charge in [0.1, 0.15) is 11.4 Å². The fraction of sp³-hybridized carbons (Fsp3) is 0.222. The van der Waals surface area contributed by atoms with Crippen molar-refractivity contribution in [1.82, 2.24) is 5.32 Å². The van der Waals surface area contributed by atoms with Gasteiger partial charge in [0.2, 0.25) is 0 Å². The smallest absolute Gasteiger partial charge is 0.121 e. The van der Waals surface area contributed by atoms with Crippen molar-refractivity contribution in [3.63, 3.8) is 0 Å². The van der Waals surface area contributed by atoms with Crippen LogP contribution < -0.4 is 5.32 Å². The first-order valence-electron chi connectivity index (χ1n) is 10.2. The predicted molar refractivity (Wildman–Crippen MR) is 125 cm³/mol. The Bertz CT molecular complexity index is 913. The van der Waals surface area contributed by atoms with Gasteiger partial charge in [0, 0.05) is 7.05 Å². The highest BCUT2D eigenvalue weighted by atomic mass is 15.1. The molecule has 0 aromatic heterocycles. The van der Waals surface area contributed by atoms with Gasteiger partial charge in [0.15, 0.2) is 0 Å². The maximum Gasteiger partial charge on any atom is 0.121 e. The molecule has 0 atom stereocenters. The molecule has 0 fully saturated rings. The van der Waals surface area contributed by atoms with Crippen molar-refractivity contribution < 1.29 is 0 Å². The minimum absolute atomic E-state index is 0.496. The van der Waals surface area contributed by atoms with E-state index >= 15 is 0 Å². The van der Waals surface area contributed by atoms with Crippen molar-refractivity contribution >= 4 is 5.84 Å². The van der Waals surface area contributed by atoms with Crippen LogP contribution in [0.25, 0.3) is 0 Å². The molecule has 3 rings (SSSR count). The third-order valence-electron chi connectivity index (χ3n) is 5.30. The van der Waals surface area contributed by atoms with E-state index in [1.807, 2.05) is 26.1 Å². The van der Waals surface area contributed by atoms with Crippen LogP contribution in [0.3, 0.4) is 0 Å². The molecule has 3 aromatic rings.